The number of hydrogen-bond donors (Lipinski definition) is 3. The molecule has 4 rings (SSSR count). The topological polar surface area (TPSA) is 186 Å². The van der Waals surface area contributed by atoms with Crippen molar-refractivity contribution in [2.75, 3.05) is 23.8 Å². The number of β-lactam (4-membered cyclic amide) rings is 1. The summed E-state index contributed by atoms with van der Waals surface area (Å²) in [5, 5.41) is 23.3. The quantitative estimate of drug-likeness (QED) is 0.0949. The monoisotopic (exact) mass is 534 g/mol. The highest BCUT2D eigenvalue weighted by Crippen LogP contribution is 2.41. The second-order valence-electron chi connectivity index (χ2n) is 6.94. The summed E-state index contributed by atoms with van der Waals surface area (Å²) in [6.45, 7) is 3.54. The van der Waals surface area contributed by atoms with Crippen molar-refractivity contribution in [2.24, 2.45) is 5.16 Å². The number of hydrogen-bond acceptors (Lipinski definition) is 13. The number of nitrogens with one attached hydrogen (secondary N) is 1. The van der Waals surface area contributed by atoms with Crippen molar-refractivity contribution in [1.82, 2.24) is 30.4 Å². The molecule has 2 aromatic rings. The smallest absolute Gasteiger partial charge is 0.352 e. The van der Waals surface area contributed by atoms with E-state index in [4.69, 9.17) is 10.6 Å². The zero-order chi connectivity index (χ0) is 24.9. The Hall–Kier alpha value is -3.50. The standard InChI is InChI=1S/C19H18N8O5S3/c1-2-5-32-26-11(14-21-4-3-10(20)23-14)15(28)24-12-16(29)27-13(18(30)31)9(6-33-17(12)27)7-34-19-25-22-8-35-19/h2-4,8,12,17H,1,5-7H2,(H,24,28)(H,30,31)(H2,20,21,23)/b26-11+/t12?,17-/m1/s1. The molecule has 0 spiro atoms. The number of aromatic nitrogens is 4. The minimum absolute atomic E-state index is 0.0261. The van der Waals surface area contributed by atoms with E-state index in [0.29, 0.717) is 21.4 Å². The molecular weight excluding hydrogens is 516 g/mol. The first-order valence-electron chi connectivity index (χ1n) is 9.90. The Kier molecular flexibility index (Phi) is 7.62. The molecule has 182 valence electrons. The summed E-state index contributed by atoms with van der Waals surface area (Å²) in [5.74, 6) is -1.79. The largest absolute Gasteiger partial charge is 0.477 e. The van der Waals surface area contributed by atoms with Gasteiger partial charge in [-0.05, 0) is 11.6 Å². The first kappa shape index (κ1) is 24.6. The van der Waals surface area contributed by atoms with Crippen LogP contribution in [-0.4, -0.2) is 83.2 Å². The molecule has 0 aromatic carbocycles. The van der Waals surface area contributed by atoms with Crippen molar-refractivity contribution >= 4 is 64.2 Å². The van der Waals surface area contributed by atoms with Crippen molar-refractivity contribution in [1.29, 1.82) is 0 Å². The van der Waals surface area contributed by atoms with Crippen LogP contribution in [0.5, 0.6) is 0 Å². The lowest BCUT2D eigenvalue weighted by Crippen LogP contribution is -2.71. The molecule has 0 radical (unpaired) electrons. The van der Waals surface area contributed by atoms with E-state index in [1.54, 1.807) is 5.51 Å². The van der Waals surface area contributed by atoms with E-state index in [1.165, 1.54) is 58.1 Å². The molecule has 1 saturated heterocycles. The summed E-state index contributed by atoms with van der Waals surface area (Å²) in [6, 6.07) is 0.473. The van der Waals surface area contributed by atoms with Gasteiger partial charge in [-0.25, -0.2) is 14.8 Å². The number of aliphatic carboxylic acids is 1. The predicted molar refractivity (Wildman–Crippen MR) is 129 cm³/mol. The van der Waals surface area contributed by atoms with Crippen molar-refractivity contribution in [3.63, 3.8) is 0 Å². The molecule has 0 saturated carbocycles. The molecule has 2 amide bonds. The van der Waals surface area contributed by atoms with Gasteiger partial charge in [0.2, 0.25) is 5.71 Å². The van der Waals surface area contributed by atoms with E-state index in [1.807, 2.05) is 0 Å². The Bertz CT molecular complexity index is 1220. The Balaban J connectivity index is 1.50. The van der Waals surface area contributed by atoms with E-state index in [9.17, 15) is 19.5 Å². The minimum atomic E-state index is -1.21. The number of carbonyl (C=O) groups excluding carboxylic acids is 2. The molecule has 2 aromatic heterocycles. The average molecular weight is 535 g/mol. The summed E-state index contributed by atoms with van der Waals surface area (Å²) >= 11 is 4.04. The highest BCUT2D eigenvalue weighted by atomic mass is 32.2. The van der Waals surface area contributed by atoms with Crippen LogP contribution >= 0.6 is 34.9 Å². The summed E-state index contributed by atoms with van der Waals surface area (Å²) in [5.41, 5.74) is 7.49. The van der Waals surface area contributed by atoms with Gasteiger partial charge in [-0.3, -0.25) is 14.5 Å². The van der Waals surface area contributed by atoms with E-state index >= 15 is 0 Å². The predicted octanol–water partition coefficient (Wildman–Crippen LogP) is 0.348. The molecule has 16 heteroatoms. The van der Waals surface area contributed by atoms with Crippen molar-refractivity contribution < 1.29 is 24.3 Å². The molecule has 2 aliphatic heterocycles. The van der Waals surface area contributed by atoms with Crippen LogP contribution in [0.1, 0.15) is 5.82 Å². The molecule has 35 heavy (non-hydrogen) atoms. The number of carboxylic acid groups (broad SMARTS) is 1. The van der Waals surface area contributed by atoms with Crippen molar-refractivity contribution in [2.45, 2.75) is 15.8 Å². The molecule has 2 aliphatic rings. The zero-order valence-corrected chi connectivity index (χ0v) is 20.3. The number of rotatable bonds is 10. The third-order valence-electron chi connectivity index (χ3n) is 4.70. The van der Waals surface area contributed by atoms with Gasteiger partial charge in [0.05, 0.1) is 0 Å². The van der Waals surface area contributed by atoms with E-state index in [2.05, 4.69) is 37.2 Å². The van der Waals surface area contributed by atoms with Crippen LogP contribution in [0, 0.1) is 0 Å². The third kappa shape index (κ3) is 5.28. The van der Waals surface area contributed by atoms with E-state index < -0.39 is 29.2 Å². The Morgan fingerprint density at radius 3 is 3.00 bits per heavy atom. The number of anilines is 1. The molecule has 2 atom stereocenters. The van der Waals surface area contributed by atoms with Gasteiger partial charge in [0.25, 0.3) is 11.8 Å². The lowest BCUT2D eigenvalue weighted by atomic mass is 10.0. The maximum Gasteiger partial charge on any atom is 0.352 e. The van der Waals surface area contributed by atoms with Crippen LogP contribution in [0.25, 0.3) is 0 Å². The number of fused-ring (bicyclic) bond motifs is 1. The molecule has 0 aliphatic carbocycles. The van der Waals surface area contributed by atoms with Gasteiger partial charge in [0.1, 0.15) is 35.0 Å². The van der Waals surface area contributed by atoms with Crippen LogP contribution in [0.4, 0.5) is 5.82 Å². The number of nitrogens with two attached hydrogens (primary N) is 1. The Morgan fingerprint density at radius 1 is 1.49 bits per heavy atom. The van der Waals surface area contributed by atoms with Gasteiger partial charge >= 0.3 is 5.97 Å². The maximum absolute atomic E-state index is 13.0. The number of nitrogens with zero attached hydrogens (tertiary/aromatic N) is 6. The average Bonchev–Trinajstić information content (AvgIpc) is 3.36. The lowest BCUT2D eigenvalue weighted by Gasteiger charge is -2.49. The van der Waals surface area contributed by atoms with Gasteiger partial charge < -0.3 is 21.0 Å². The fraction of sp³-hybridized carbons (Fsp3) is 0.263. The highest BCUT2D eigenvalue weighted by molar-refractivity contribution is 8.01. The van der Waals surface area contributed by atoms with Crippen LogP contribution in [0.15, 0.2) is 51.2 Å². The first-order chi connectivity index (χ1) is 16.9. The summed E-state index contributed by atoms with van der Waals surface area (Å²) in [7, 11) is 0. The molecule has 13 nitrogen and oxygen atoms in total. The molecule has 4 N–H and O–H groups in total. The van der Waals surface area contributed by atoms with E-state index in [0.717, 1.165) is 0 Å². The summed E-state index contributed by atoms with van der Waals surface area (Å²) in [6.07, 6.45) is 2.79. The number of carbonyl (C=O) groups is 3. The van der Waals surface area contributed by atoms with Gasteiger partial charge in [-0.2, -0.15) is 0 Å². The van der Waals surface area contributed by atoms with Crippen LogP contribution in [0.3, 0.4) is 0 Å². The minimum Gasteiger partial charge on any atom is -0.477 e. The second kappa shape index (κ2) is 10.8. The number of amides is 2. The Labute approximate surface area is 210 Å². The van der Waals surface area contributed by atoms with Gasteiger partial charge in [-0.1, -0.05) is 40.9 Å². The third-order valence-corrected chi connectivity index (χ3v) is 7.98. The summed E-state index contributed by atoms with van der Waals surface area (Å²) < 4.78 is 0.698. The molecule has 4 heterocycles. The van der Waals surface area contributed by atoms with Crippen molar-refractivity contribution in [3.8, 4) is 0 Å². The molecule has 1 fully saturated rings. The number of carboxylic acids is 1. The van der Waals surface area contributed by atoms with Crippen LogP contribution in [0.2, 0.25) is 0 Å². The Morgan fingerprint density at radius 2 is 2.31 bits per heavy atom. The molecular formula is C19H18N8O5S3. The highest BCUT2D eigenvalue weighted by Gasteiger charge is 2.54. The normalized spacial score (nSPS) is 19.6. The second-order valence-corrected chi connectivity index (χ2v) is 10.1. The zero-order valence-electron chi connectivity index (χ0n) is 17.9. The lowest BCUT2D eigenvalue weighted by molar-refractivity contribution is -0.150. The van der Waals surface area contributed by atoms with Gasteiger partial charge in [0.15, 0.2) is 10.2 Å². The fourth-order valence-corrected chi connectivity index (χ4v) is 6.18. The SMILES string of the molecule is C=CCO/N=C(/C(=O)NC1C(=O)N2C(C(=O)O)=C(CSc3nncs3)CS[C@H]12)c1nccc(N)n1. The molecule has 0 bridgehead atoms. The van der Waals surface area contributed by atoms with Gasteiger partial charge in [0, 0.05) is 17.7 Å². The number of thioether (sulfide) groups is 2. The maximum atomic E-state index is 13.0. The first-order valence-corrected chi connectivity index (χ1v) is 12.8. The number of oxime groups is 1. The van der Waals surface area contributed by atoms with Crippen LogP contribution < -0.4 is 11.1 Å². The van der Waals surface area contributed by atoms with Crippen LogP contribution in [-0.2, 0) is 19.2 Å². The van der Waals surface area contributed by atoms with Gasteiger partial charge in [-0.15, -0.1) is 22.0 Å². The van der Waals surface area contributed by atoms with E-state index in [-0.39, 0.29) is 29.7 Å². The fourth-order valence-electron chi connectivity index (χ4n) is 3.20. The summed E-state index contributed by atoms with van der Waals surface area (Å²) in [4.78, 5) is 52.1. The molecule has 1 unspecified atom stereocenters. The van der Waals surface area contributed by atoms with Crippen molar-refractivity contribution in [3.05, 3.63) is 47.5 Å². The number of nitrogen functional groups attached to an aromatic ring is 1.